The molecule has 1 aliphatic rings. The first-order chi connectivity index (χ1) is 23.5. The SMILES string of the molecule is C[Si]1(C)c2cc3c(cc2N(c2cccc(C(F)c4ccc5c6ccccc6n6ccnc6c5c4)c2)c2ncccc21)sc1ccccc13. The van der Waals surface area contributed by atoms with Crippen molar-refractivity contribution in [3.05, 3.63) is 145 Å². The standard InChI is InChI=1S/C41H29FN4SSi/c1-48(2)37-15-8-18-43-41(37)46(34-24-36-31(23-38(34)48)30-12-4-6-14-35(30)47-36)27-10-7-9-25(21-27)39(42)26-16-17-28-29-11-3-5-13-33(29)45-20-19-44-40(45)32(28)22-26/h3-24,39H,1-2H3. The largest absolute Gasteiger partial charge is 0.299 e. The quantitative estimate of drug-likeness (QED) is 0.140. The molecule has 4 nitrogen and oxygen atoms in total. The molecule has 0 aliphatic carbocycles. The summed E-state index contributed by atoms with van der Waals surface area (Å²) in [5.41, 5.74) is 5.18. The van der Waals surface area contributed by atoms with Crippen LogP contribution in [0.25, 0.3) is 47.5 Å². The summed E-state index contributed by atoms with van der Waals surface area (Å²) in [5.74, 6) is 0.939. The number of imidazole rings is 1. The average molecular weight is 657 g/mol. The Hall–Kier alpha value is -5.37. The van der Waals surface area contributed by atoms with Crippen LogP contribution in [-0.2, 0) is 0 Å². The second-order valence-electron chi connectivity index (χ2n) is 13.2. The molecule has 4 aromatic heterocycles. The number of anilines is 3. The van der Waals surface area contributed by atoms with E-state index in [2.05, 4.69) is 88.0 Å². The van der Waals surface area contributed by atoms with E-state index in [1.807, 2.05) is 84.5 Å². The van der Waals surface area contributed by atoms with Gasteiger partial charge in [-0.15, -0.1) is 11.3 Å². The number of pyridine rings is 2. The van der Waals surface area contributed by atoms with Crippen molar-refractivity contribution >= 4 is 94.5 Å². The molecule has 1 atom stereocenters. The Labute approximate surface area is 281 Å². The van der Waals surface area contributed by atoms with E-state index in [0.717, 1.165) is 44.5 Å². The van der Waals surface area contributed by atoms with Crippen LogP contribution in [0.1, 0.15) is 17.3 Å². The van der Waals surface area contributed by atoms with Gasteiger partial charge in [0.2, 0.25) is 0 Å². The number of rotatable bonds is 3. The van der Waals surface area contributed by atoms with Gasteiger partial charge in [-0.1, -0.05) is 85.9 Å². The van der Waals surface area contributed by atoms with Crippen molar-refractivity contribution in [2.24, 2.45) is 0 Å². The maximum atomic E-state index is 16.8. The summed E-state index contributed by atoms with van der Waals surface area (Å²) in [7, 11) is -2.12. The molecule has 7 heteroatoms. The zero-order chi connectivity index (χ0) is 32.1. The highest BCUT2D eigenvalue weighted by atomic mass is 32.1. The minimum atomic E-state index is -2.12. The third-order valence-electron chi connectivity index (χ3n) is 10.2. The van der Waals surface area contributed by atoms with Gasteiger partial charge in [-0.05, 0) is 69.4 Å². The monoisotopic (exact) mass is 656 g/mol. The van der Waals surface area contributed by atoms with Crippen LogP contribution in [0.5, 0.6) is 0 Å². The fourth-order valence-corrected chi connectivity index (χ4v) is 11.8. The fourth-order valence-electron chi connectivity index (χ4n) is 7.79. The van der Waals surface area contributed by atoms with E-state index in [0.29, 0.717) is 11.1 Å². The summed E-state index contributed by atoms with van der Waals surface area (Å²) >= 11 is 1.82. The molecule has 1 aliphatic heterocycles. The molecule has 5 heterocycles. The van der Waals surface area contributed by atoms with Crippen LogP contribution >= 0.6 is 11.3 Å². The first-order valence-electron chi connectivity index (χ1n) is 16.2. The van der Waals surface area contributed by atoms with Crippen LogP contribution < -0.4 is 15.3 Å². The summed E-state index contributed by atoms with van der Waals surface area (Å²) in [6.07, 6.45) is 4.33. The van der Waals surface area contributed by atoms with Gasteiger partial charge in [-0.25, -0.2) is 14.4 Å². The molecule has 0 saturated heterocycles. The highest BCUT2D eigenvalue weighted by molar-refractivity contribution is 7.26. The van der Waals surface area contributed by atoms with Crippen LogP contribution in [0.15, 0.2) is 134 Å². The van der Waals surface area contributed by atoms with Gasteiger partial charge in [-0.3, -0.25) is 9.30 Å². The number of para-hydroxylation sites is 1. The molecular formula is C41H29FN4SSi. The van der Waals surface area contributed by atoms with Crippen LogP contribution in [-0.4, -0.2) is 22.4 Å². The van der Waals surface area contributed by atoms with Gasteiger partial charge in [0.05, 0.1) is 5.52 Å². The van der Waals surface area contributed by atoms with Crippen molar-refractivity contribution in [1.29, 1.82) is 0 Å². The molecular weight excluding hydrogens is 628 g/mol. The minimum absolute atomic E-state index is 0.607. The molecule has 1 unspecified atom stereocenters. The number of nitrogens with zero attached hydrogens (tertiary/aromatic N) is 4. The van der Waals surface area contributed by atoms with Crippen LogP contribution in [0.4, 0.5) is 21.6 Å². The predicted molar refractivity (Wildman–Crippen MR) is 202 cm³/mol. The van der Waals surface area contributed by atoms with E-state index in [1.165, 1.54) is 30.5 Å². The van der Waals surface area contributed by atoms with Crippen LogP contribution in [0.2, 0.25) is 13.1 Å². The van der Waals surface area contributed by atoms with Gasteiger partial charge in [0.15, 0.2) is 6.17 Å². The number of hydrogen-bond acceptors (Lipinski definition) is 4. The predicted octanol–water partition coefficient (Wildman–Crippen LogP) is 10.1. The molecule has 10 rings (SSSR count). The van der Waals surface area contributed by atoms with Crippen molar-refractivity contribution in [2.75, 3.05) is 4.90 Å². The summed E-state index contributed by atoms with van der Waals surface area (Å²) in [5, 5.41) is 8.38. The summed E-state index contributed by atoms with van der Waals surface area (Å²) in [6, 6.07) is 39.9. The average Bonchev–Trinajstić information content (AvgIpc) is 3.76. The maximum Gasteiger partial charge on any atom is 0.150 e. The van der Waals surface area contributed by atoms with Crippen molar-refractivity contribution in [3.63, 3.8) is 0 Å². The van der Waals surface area contributed by atoms with E-state index in [9.17, 15) is 0 Å². The number of alkyl halides is 1. The van der Waals surface area contributed by atoms with Crippen molar-refractivity contribution in [3.8, 4) is 0 Å². The molecule has 0 saturated carbocycles. The molecule has 48 heavy (non-hydrogen) atoms. The van der Waals surface area contributed by atoms with Crippen LogP contribution in [0.3, 0.4) is 0 Å². The smallest absolute Gasteiger partial charge is 0.150 e. The summed E-state index contributed by atoms with van der Waals surface area (Å²) in [6.45, 7) is 4.83. The minimum Gasteiger partial charge on any atom is -0.299 e. The summed E-state index contributed by atoms with van der Waals surface area (Å²) < 4.78 is 21.4. The zero-order valence-corrected chi connectivity index (χ0v) is 28.2. The molecule has 0 spiro atoms. The van der Waals surface area contributed by atoms with E-state index >= 15 is 4.39 Å². The molecule has 0 radical (unpaired) electrons. The van der Waals surface area contributed by atoms with Crippen molar-refractivity contribution in [2.45, 2.75) is 19.3 Å². The Bertz CT molecular complexity index is 2760. The van der Waals surface area contributed by atoms with Gasteiger partial charge >= 0.3 is 0 Å². The molecule has 0 amide bonds. The number of thiophene rings is 1. The fraction of sp³-hybridized carbons (Fsp3) is 0.0732. The molecule has 0 N–H and O–H groups in total. The van der Waals surface area contributed by atoms with Gasteiger partial charge in [0.25, 0.3) is 0 Å². The lowest BCUT2D eigenvalue weighted by molar-refractivity contribution is 0.402. The third kappa shape index (κ3) is 3.86. The van der Waals surface area contributed by atoms with Gasteiger partial charge in [0, 0.05) is 60.9 Å². The first kappa shape index (κ1) is 27.7. The topological polar surface area (TPSA) is 33.4 Å². The molecule has 9 aromatic rings. The molecule has 0 fully saturated rings. The Morgan fingerprint density at radius 3 is 2.40 bits per heavy atom. The third-order valence-corrected chi connectivity index (χ3v) is 14.8. The van der Waals surface area contributed by atoms with Gasteiger partial charge < -0.3 is 0 Å². The number of halogens is 1. The molecule has 0 bridgehead atoms. The second kappa shape index (κ2) is 10.1. The number of hydrogen-bond donors (Lipinski definition) is 0. The lowest BCUT2D eigenvalue weighted by Gasteiger charge is -2.40. The Kier molecular flexibility index (Phi) is 5.81. The van der Waals surface area contributed by atoms with E-state index in [1.54, 1.807) is 0 Å². The Morgan fingerprint density at radius 1 is 0.646 bits per heavy atom. The van der Waals surface area contributed by atoms with E-state index in [-0.39, 0.29) is 0 Å². The molecule has 230 valence electrons. The summed E-state index contributed by atoms with van der Waals surface area (Å²) in [4.78, 5) is 11.9. The normalized spacial score (nSPS) is 14.6. The molecule has 5 aromatic carbocycles. The maximum absolute atomic E-state index is 16.8. The second-order valence-corrected chi connectivity index (χ2v) is 18.6. The highest BCUT2D eigenvalue weighted by Gasteiger charge is 2.40. The van der Waals surface area contributed by atoms with E-state index < -0.39 is 14.2 Å². The van der Waals surface area contributed by atoms with Crippen LogP contribution in [0, 0.1) is 0 Å². The zero-order valence-electron chi connectivity index (χ0n) is 26.4. The van der Waals surface area contributed by atoms with E-state index in [4.69, 9.17) is 4.98 Å². The van der Waals surface area contributed by atoms with Gasteiger partial charge in [0.1, 0.15) is 19.5 Å². The first-order valence-corrected chi connectivity index (χ1v) is 20.0. The number of aromatic nitrogens is 3. The number of benzene rings is 5. The van der Waals surface area contributed by atoms with Crippen molar-refractivity contribution in [1.82, 2.24) is 14.4 Å². The van der Waals surface area contributed by atoms with Gasteiger partial charge in [-0.2, -0.15) is 0 Å². The van der Waals surface area contributed by atoms with Crippen molar-refractivity contribution < 1.29 is 4.39 Å². The Balaban J connectivity index is 1.14. The number of fused-ring (bicyclic) bond motifs is 11. The lowest BCUT2D eigenvalue weighted by Crippen LogP contribution is -2.58. The Morgan fingerprint density at radius 2 is 1.48 bits per heavy atom. The lowest BCUT2D eigenvalue weighted by atomic mass is 9.97. The highest BCUT2D eigenvalue weighted by Crippen LogP contribution is 2.43.